The van der Waals surface area contributed by atoms with E-state index in [4.69, 9.17) is 26.2 Å². The summed E-state index contributed by atoms with van der Waals surface area (Å²) in [5, 5.41) is 21.8. The summed E-state index contributed by atoms with van der Waals surface area (Å²) in [7, 11) is -2.26. The van der Waals surface area contributed by atoms with E-state index in [2.05, 4.69) is 5.32 Å². The largest absolute Gasteiger partial charge is 0.492 e. The molecule has 0 radical (unpaired) electrons. The number of ether oxygens (including phenoxy) is 2. The zero-order chi connectivity index (χ0) is 39.1. The van der Waals surface area contributed by atoms with Gasteiger partial charge < -0.3 is 36.3 Å². The molecule has 3 rings (SSSR count). The molecule has 1 aliphatic heterocycles. The molecule has 14 nitrogen and oxygen atoms in total. The second-order valence-corrected chi connectivity index (χ2v) is 15.6. The van der Waals surface area contributed by atoms with Gasteiger partial charge in [0.15, 0.2) is 21.4 Å². The molecule has 4 bridgehead atoms. The van der Waals surface area contributed by atoms with Crippen molar-refractivity contribution in [2.24, 2.45) is 23.3 Å². The van der Waals surface area contributed by atoms with Gasteiger partial charge in [0.1, 0.15) is 30.8 Å². The van der Waals surface area contributed by atoms with Crippen LogP contribution in [0.3, 0.4) is 0 Å². The van der Waals surface area contributed by atoms with Gasteiger partial charge in [-0.1, -0.05) is 32.4 Å². The Labute approximate surface area is 312 Å². The summed E-state index contributed by atoms with van der Waals surface area (Å²) in [6.45, 7) is 3.69. The predicted octanol–water partition coefficient (Wildman–Crippen LogP) is 2.25. The highest BCUT2D eigenvalue weighted by Crippen LogP contribution is 2.40. The van der Waals surface area contributed by atoms with E-state index in [1.54, 1.807) is 43.3 Å². The Kier molecular flexibility index (Phi) is 16.9. The Bertz CT molecular complexity index is 1740. The van der Waals surface area contributed by atoms with Gasteiger partial charge >= 0.3 is 0 Å². The number of aliphatic hydroxyl groups is 1. The highest BCUT2D eigenvalue weighted by Gasteiger charge is 2.36. The second-order valence-electron chi connectivity index (χ2n) is 13.4. The number of rotatable bonds is 18. The van der Waals surface area contributed by atoms with Crippen molar-refractivity contribution in [3.8, 4) is 28.7 Å². The number of fused-ring (bicyclic) bond motifs is 5. The smallest absolute Gasteiger partial charge is 0.227 e. The number of sulfone groups is 1. The van der Waals surface area contributed by atoms with Crippen LogP contribution < -0.4 is 26.3 Å². The minimum atomic E-state index is -3.66. The topological polar surface area (TPSA) is 232 Å². The van der Waals surface area contributed by atoms with E-state index < -0.39 is 63.7 Å². The number of Topliss-reactive ketones (excluding diaryl/α,β-unsaturated/α-hetero) is 2. The van der Waals surface area contributed by atoms with Crippen LogP contribution in [0.2, 0.25) is 0 Å². The van der Waals surface area contributed by atoms with E-state index in [0.29, 0.717) is 46.6 Å². The number of likely N-dealkylation sites (N-methyl/N-ethyl adjacent to an activating group) is 1. The fourth-order valence-corrected chi connectivity index (χ4v) is 8.13. The molecule has 0 fully saturated rings. The quantitative estimate of drug-likeness (QED) is 0.172. The molecule has 0 saturated heterocycles. The number of amides is 2. The molecule has 4 atom stereocenters. The van der Waals surface area contributed by atoms with Crippen LogP contribution >= 0.6 is 0 Å². The number of nitrogens with two attached hydrogens (primary N) is 2. The fraction of sp³-hybridized carbons (Fsp3) is 0.553. The number of aliphatic hydroxyl groups excluding tert-OH is 1. The lowest BCUT2D eigenvalue weighted by atomic mass is 9.89. The third kappa shape index (κ3) is 12.1. The number of hydrogen-bond donors (Lipinski definition) is 4. The minimum Gasteiger partial charge on any atom is -0.492 e. The van der Waals surface area contributed by atoms with Crippen molar-refractivity contribution in [1.29, 1.82) is 5.26 Å². The monoisotopic (exact) mass is 755 g/mol. The molecule has 0 unspecified atom stereocenters. The zero-order valence-electron chi connectivity index (χ0n) is 30.8. The maximum absolute atomic E-state index is 14.4. The Hall–Kier alpha value is -4.36. The molecule has 0 aromatic heterocycles. The number of nitrogens with zero attached hydrogens (tertiary/aromatic N) is 2. The third-order valence-electron chi connectivity index (χ3n) is 9.12. The first kappa shape index (κ1) is 43.0. The maximum atomic E-state index is 14.4. The van der Waals surface area contributed by atoms with Gasteiger partial charge in [0.05, 0.1) is 29.5 Å². The maximum Gasteiger partial charge on any atom is 0.227 e. The molecule has 1 heterocycles. The summed E-state index contributed by atoms with van der Waals surface area (Å²) >= 11 is 0. The normalized spacial score (nSPS) is 18.2. The van der Waals surface area contributed by atoms with Crippen LogP contribution in [-0.2, 0) is 35.4 Å². The Morgan fingerprint density at radius 2 is 1.70 bits per heavy atom. The van der Waals surface area contributed by atoms with Gasteiger partial charge in [-0.25, -0.2) is 8.42 Å². The lowest BCUT2D eigenvalue weighted by molar-refractivity contribution is -0.142. The van der Waals surface area contributed by atoms with Gasteiger partial charge in [0.2, 0.25) is 11.8 Å². The number of carbonyl (C=O) groups excluding carboxylic acids is 4. The Morgan fingerprint density at radius 1 is 1.06 bits per heavy atom. The summed E-state index contributed by atoms with van der Waals surface area (Å²) in [4.78, 5) is 56.6. The lowest BCUT2D eigenvalue weighted by Gasteiger charge is -2.32. The van der Waals surface area contributed by atoms with Crippen molar-refractivity contribution in [3.63, 3.8) is 0 Å². The average molecular weight is 756 g/mol. The van der Waals surface area contributed by atoms with Crippen LogP contribution in [0, 0.1) is 23.2 Å². The first-order valence-corrected chi connectivity index (χ1v) is 19.9. The van der Waals surface area contributed by atoms with Crippen LogP contribution in [-0.4, -0.2) is 99.3 Å². The van der Waals surface area contributed by atoms with Crippen molar-refractivity contribution in [1.82, 2.24) is 10.2 Å². The molecule has 0 aliphatic carbocycles. The number of ketones is 2. The molecule has 2 amide bonds. The predicted molar refractivity (Wildman–Crippen MR) is 200 cm³/mol. The Morgan fingerprint density at radius 3 is 2.30 bits per heavy atom. The summed E-state index contributed by atoms with van der Waals surface area (Å²) in [5.41, 5.74) is 13.6. The summed E-state index contributed by atoms with van der Waals surface area (Å²) in [6, 6.07) is 9.90. The molecule has 290 valence electrons. The SMILES string of the molecule is CCCCS(=O)(=O)C[C@@H](CCO)C(=O)N(C)[C@@H]1C(=O)C[C@@H](C)C(=O)N[C@H](C(=O)CCC#N)Cc2ccc(OCCN)c(c2)-c2cc1ccc2OCCN. The van der Waals surface area contributed by atoms with E-state index in [9.17, 15) is 32.7 Å². The van der Waals surface area contributed by atoms with E-state index >= 15 is 0 Å². The van der Waals surface area contributed by atoms with E-state index in [-0.39, 0.29) is 69.9 Å². The second kappa shape index (κ2) is 20.8. The molecule has 15 heteroatoms. The van der Waals surface area contributed by atoms with Crippen molar-refractivity contribution in [3.05, 3.63) is 47.5 Å². The van der Waals surface area contributed by atoms with E-state index in [1.165, 1.54) is 11.9 Å². The summed E-state index contributed by atoms with van der Waals surface area (Å²) < 4.78 is 38.0. The lowest BCUT2D eigenvalue weighted by Crippen LogP contribution is -2.46. The molecule has 6 N–H and O–H groups in total. The van der Waals surface area contributed by atoms with E-state index in [0.717, 1.165) is 0 Å². The molecule has 0 spiro atoms. The molecular weight excluding hydrogens is 703 g/mol. The highest BCUT2D eigenvalue weighted by molar-refractivity contribution is 7.91. The van der Waals surface area contributed by atoms with Crippen LogP contribution in [0.5, 0.6) is 11.5 Å². The molecule has 0 saturated carbocycles. The Balaban J connectivity index is 2.28. The van der Waals surface area contributed by atoms with Crippen LogP contribution in [0.1, 0.15) is 69.5 Å². The molecule has 53 heavy (non-hydrogen) atoms. The summed E-state index contributed by atoms with van der Waals surface area (Å²) in [5.74, 6) is -3.94. The van der Waals surface area contributed by atoms with Gasteiger partial charge in [-0.2, -0.15) is 5.26 Å². The van der Waals surface area contributed by atoms with Crippen molar-refractivity contribution in [2.75, 3.05) is 51.5 Å². The number of unbranched alkanes of at least 4 members (excludes halogenated alkanes) is 1. The number of hydrogen-bond acceptors (Lipinski definition) is 12. The van der Waals surface area contributed by atoms with Crippen molar-refractivity contribution in [2.45, 2.75) is 70.9 Å². The van der Waals surface area contributed by atoms with E-state index in [1.807, 2.05) is 13.0 Å². The number of nitriles is 1. The number of benzene rings is 2. The third-order valence-corrected chi connectivity index (χ3v) is 10.9. The van der Waals surface area contributed by atoms with Gasteiger partial charge in [0.25, 0.3) is 0 Å². The van der Waals surface area contributed by atoms with Gasteiger partial charge in [0, 0.05) is 63.1 Å². The number of nitrogens with one attached hydrogen (secondary N) is 1. The van der Waals surface area contributed by atoms with Crippen molar-refractivity contribution >= 4 is 33.2 Å². The standard InChI is InChI=1S/C38H53N5O9S/c1-4-5-19-53(49,50)24-28(12-16-44)38(48)43(3)36-27-9-11-35(52-18-15-41)30(23-27)29-21-26(8-10-34(29)51-17-14-40)22-31(32(45)7-6-13-39)42-37(47)25(2)20-33(36)46/h8-11,21,23,25,28,31,36,44H,4-7,12,14-20,22,24,40-41H2,1-3H3,(H,42,47)/t25-,28-,31+,36+/m1/s1. The molecule has 2 aromatic rings. The minimum absolute atomic E-state index is 0.0375. The average Bonchev–Trinajstić information content (AvgIpc) is 3.13. The molecule has 1 aliphatic rings. The first-order chi connectivity index (χ1) is 25.3. The van der Waals surface area contributed by atoms with Crippen LogP contribution in [0.4, 0.5) is 0 Å². The summed E-state index contributed by atoms with van der Waals surface area (Å²) in [6.07, 6.45) is 0.562. The number of carbonyl (C=O) groups is 4. The zero-order valence-corrected chi connectivity index (χ0v) is 31.7. The van der Waals surface area contributed by atoms with Crippen LogP contribution in [0.15, 0.2) is 36.4 Å². The van der Waals surface area contributed by atoms with Crippen molar-refractivity contribution < 1.29 is 42.2 Å². The molecular formula is C38H53N5O9S. The van der Waals surface area contributed by atoms with Crippen LogP contribution in [0.25, 0.3) is 11.1 Å². The van der Waals surface area contributed by atoms with Gasteiger partial charge in [-0.05, 0) is 54.7 Å². The van der Waals surface area contributed by atoms with Gasteiger partial charge in [-0.15, -0.1) is 0 Å². The highest BCUT2D eigenvalue weighted by atomic mass is 32.2. The molecule has 2 aromatic carbocycles. The fourth-order valence-electron chi connectivity index (χ4n) is 6.32. The van der Waals surface area contributed by atoms with Gasteiger partial charge in [-0.3, -0.25) is 19.2 Å². The first-order valence-electron chi connectivity index (χ1n) is 18.0.